The Balaban J connectivity index is 1.71. The molecule has 0 spiro atoms. The maximum absolute atomic E-state index is 12.2. The summed E-state index contributed by atoms with van der Waals surface area (Å²) in [6, 6.07) is 5.14. The van der Waals surface area contributed by atoms with Crippen molar-refractivity contribution in [1.82, 2.24) is 19.7 Å². The summed E-state index contributed by atoms with van der Waals surface area (Å²) in [6.45, 7) is 2.45. The minimum atomic E-state index is 0.0677. The number of morpholine rings is 1. The molecule has 24 heavy (non-hydrogen) atoms. The van der Waals surface area contributed by atoms with Crippen LogP contribution >= 0.6 is 27.7 Å². The molecule has 7 nitrogen and oxygen atoms in total. The lowest BCUT2D eigenvalue weighted by Gasteiger charge is -2.26. The standard InChI is InChI=1S/C15H17BrN4O3S/c1-19-14(11-8-10(16)2-3-12(11)21)17-18-15(19)24-9-13(22)20-4-6-23-7-5-20/h2-3,8,21H,4-7,9H2,1H3. The molecule has 2 heterocycles. The van der Waals surface area contributed by atoms with Gasteiger partial charge in [-0.2, -0.15) is 0 Å². The Morgan fingerprint density at radius 1 is 1.38 bits per heavy atom. The number of aromatic nitrogens is 3. The van der Waals surface area contributed by atoms with Crippen LogP contribution in [0.15, 0.2) is 27.8 Å². The van der Waals surface area contributed by atoms with E-state index in [1.807, 2.05) is 7.05 Å². The fourth-order valence-electron chi connectivity index (χ4n) is 2.39. The van der Waals surface area contributed by atoms with Gasteiger partial charge < -0.3 is 19.3 Å². The quantitative estimate of drug-likeness (QED) is 0.772. The number of carbonyl (C=O) groups is 1. The van der Waals surface area contributed by atoms with E-state index in [4.69, 9.17) is 4.74 Å². The van der Waals surface area contributed by atoms with Gasteiger partial charge in [0.1, 0.15) is 5.75 Å². The third-order valence-corrected chi connectivity index (χ3v) is 5.22. The summed E-state index contributed by atoms with van der Waals surface area (Å²) in [6.07, 6.45) is 0. The van der Waals surface area contributed by atoms with E-state index < -0.39 is 0 Å². The van der Waals surface area contributed by atoms with Gasteiger partial charge in [0.15, 0.2) is 11.0 Å². The molecule has 0 bridgehead atoms. The molecule has 0 radical (unpaired) electrons. The molecular formula is C15H17BrN4O3S. The number of aromatic hydroxyl groups is 1. The highest BCUT2D eigenvalue weighted by molar-refractivity contribution is 9.10. The largest absolute Gasteiger partial charge is 0.507 e. The van der Waals surface area contributed by atoms with Crippen molar-refractivity contribution in [1.29, 1.82) is 0 Å². The maximum atomic E-state index is 12.2. The third-order valence-electron chi connectivity index (χ3n) is 3.72. The number of amides is 1. The number of hydrogen-bond acceptors (Lipinski definition) is 6. The number of hydrogen-bond donors (Lipinski definition) is 1. The summed E-state index contributed by atoms with van der Waals surface area (Å²) in [4.78, 5) is 14.0. The molecule has 2 aromatic rings. The Morgan fingerprint density at radius 3 is 2.88 bits per heavy atom. The predicted octanol–water partition coefficient (Wildman–Crippen LogP) is 1.90. The zero-order valence-corrected chi connectivity index (χ0v) is 15.5. The zero-order chi connectivity index (χ0) is 17.1. The molecule has 128 valence electrons. The number of phenols is 1. The normalized spacial score (nSPS) is 14.8. The van der Waals surface area contributed by atoms with Gasteiger partial charge in [0.2, 0.25) is 5.91 Å². The number of thioether (sulfide) groups is 1. The SMILES string of the molecule is Cn1c(SCC(=O)N2CCOCC2)nnc1-c1cc(Br)ccc1O. The summed E-state index contributed by atoms with van der Waals surface area (Å²) < 4.78 is 7.87. The van der Waals surface area contributed by atoms with Gasteiger partial charge in [0.25, 0.3) is 0 Å². The Labute approximate surface area is 152 Å². The summed E-state index contributed by atoms with van der Waals surface area (Å²) in [5.41, 5.74) is 0.589. The molecule has 0 saturated carbocycles. The van der Waals surface area contributed by atoms with Crippen molar-refractivity contribution in [3.05, 3.63) is 22.7 Å². The van der Waals surface area contributed by atoms with Crippen molar-refractivity contribution < 1.29 is 14.6 Å². The van der Waals surface area contributed by atoms with Gasteiger partial charge in [-0.25, -0.2) is 0 Å². The van der Waals surface area contributed by atoms with Crippen molar-refractivity contribution in [3.63, 3.8) is 0 Å². The number of halogens is 1. The fraction of sp³-hybridized carbons (Fsp3) is 0.400. The molecule has 0 aliphatic carbocycles. The molecule has 1 aliphatic rings. The Hall–Kier alpha value is -1.58. The van der Waals surface area contributed by atoms with E-state index in [-0.39, 0.29) is 11.7 Å². The Morgan fingerprint density at radius 2 is 2.12 bits per heavy atom. The average Bonchev–Trinajstić information content (AvgIpc) is 2.96. The molecule has 1 aromatic carbocycles. The molecule has 1 amide bonds. The second-order valence-electron chi connectivity index (χ2n) is 5.31. The van der Waals surface area contributed by atoms with Crippen LogP contribution in [0.5, 0.6) is 5.75 Å². The van der Waals surface area contributed by atoms with Gasteiger partial charge in [-0.05, 0) is 18.2 Å². The molecule has 9 heteroatoms. The first kappa shape index (κ1) is 17.2. The lowest BCUT2D eigenvalue weighted by atomic mass is 10.2. The molecule has 0 atom stereocenters. The van der Waals surface area contributed by atoms with E-state index in [2.05, 4.69) is 26.1 Å². The summed E-state index contributed by atoms with van der Waals surface area (Å²) in [7, 11) is 1.82. The lowest BCUT2D eigenvalue weighted by Crippen LogP contribution is -2.41. The van der Waals surface area contributed by atoms with Crippen LogP contribution < -0.4 is 0 Å². The molecule has 1 aliphatic heterocycles. The van der Waals surface area contributed by atoms with E-state index in [0.29, 0.717) is 48.6 Å². The van der Waals surface area contributed by atoms with Crippen LogP contribution in [0.25, 0.3) is 11.4 Å². The predicted molar refractivity (Wildman–Crippen MR) is 93.9 cm³/mol. The van der Waals surface area contributed by atoms with Crippen molar-refractivity contribution in [2.24, 2.45) is 7.05 Å². The molecule has 0 unspecified atom stereocenters. The fourth-order valence-corrected chi connectivity index (χ4v) is 3.57. The van der Waals surface area contributed by atoms with Gasteiger partial charge in [0, 0.05) is 24.6 Å². The lowest BCUT2D eigenvalue weighted by molar-refractivity contribution is -0.132. The first-order valence-corrected chi connectivity index (χ1v) is 9.20. The number of benzene rings is 1. The highest BCUT2D eigenvalue weighted by Crippen LogP contribution is 2.32. The zero-order valence-electron chi connectivity index (χ0n) is 13.1. The number of phenolic OH excluding ortho intramolecular Hbond substituents is 1. The van der Waals surface area contributed by atoms with E-state index in [0.717, 1.165) is 4.47 Å². The van der Waals surface area contributed by atoms with E-state index in [9.17, 15) is 9.90 Å². The molecule has 1 aromatic heterocycles. The summed E-state index contributed by atoms with van der Waals surface area (Å²) in [5, 5.41) is 18.9. The average molecular weight is 413 g/mol. The summed E-state index contributed by atoms with van der Waals surface area (Å²) in [5.74, 6) is 1.05. The molecule has 1 N–H and O–H groups in total. The van der Waals surface area contributed by atoms with Crippen molar-refractivity contribution in [3.8, 4) is 17.1 Å². The van der Waals surface area contributed by atoms with E-state index in [1.165, 1.54) is 11.8 Å². The summed E-state index contributed by atoms with van der Waals surface area (Å²) >= 11 is 4.72. The van der Waals surface area contributed by atoms with Crippen LogP contribution in [0.3, 0.4) is 0 Å². The first-order chi connectivity index (χ1) is 11.6. The minimum absolute atomic E-state index is 0.0677. The van der Waals surface area contributed by atoms with Crippen LogP contribution in [-0.4, -0.2) is 62.7 Å². The topological polar surface area (TPSA) is 80.5 Å². The van der Waals surface area contributed by atoms with Crippen LogP contribution in [0.1, 0.15) is 0 Å². The van der Waals surface area contributed by atoms with E-state index >= 15 is 0 Å². The second-order valence-corrected chi connectivity index (χ2v) is 7.17. The maximum Gasteiger partial charge on any atom is 0.233 e. The molecule has 1 saturated heterocycles. The van der Waals surface area contributed by atoms with Crippen LogP contribution in [0.2, 0.25) is 0 Å². The molecular weight excluding hydrogens is 396 g/mol. The van der Waals surface area contributed by atoms with Gasteiger partial charge in [-0.15, -0.1) is 10.2 Å². The van der Waals surface area contributed by atoms with Gasteiger partial charge >= 0.3 is 0 Å². The Kier molecular flexibility index (Phi) is 5.42. The number of carbonyl (C=O) groups excluding carboxylic acids is 1. The smallest absolute Gasteiger partial charge is 0.233 e. The third kappa shape index (κ3) is 3.73. The van der Waals surface area contributed by atoms with Crippen LogP contribution in [0.4, 0.5) is 0 Å². The van der Waals surface area contributed by atoms with Crippen LogP contribution in [-0.2, 0) is 16.6 Å². The van der Waals surface area contributed by atoms with Crippen LogP contribution in [0, 0.1) is 0 Å². The Bertz CT molecular complexity index is 746. The second kappa shape index (κ2) is 7.54. The minimum Gasteiger partial charge on any atom is -0.507 e. The number of nitrogens with zero attached hydrogens (tertiary/aromatic N) is 4. The number of rotatable bonds is 4. The highest BCUT2D eigenvalue weighted by Gasteiger charge is 2.19. The first-order valence-electron chi connectivity index (χ1n) is 7.43. The molecule has 1 fully saturated rings. The van der Waals surface area contributed by atoms with Gasteiger partial charge in [0.05, 0.1) is 24.5 Å². The monoisotopic (exact) mass is 412 g/mol. The van der Waals surface area contributed by atoms with Gasteiger partial charge in [-0.3, -0.25) is 4.79 Å². The molecule has 3 rings (SSSR count). The van der Waals surface area contributed by atoms with Crippen molar-refractivity contribution in [2.45, 2.75) is 5.16 Å². The van der Waals surface area contributed by atoms with Gasteiger partial charge in [-0.1, -0.05) is 27.7 Å². The van der Waals surface area contributed by atoms with E-state index in [1.54, 1.807) is 27.7 Å². The van der Waals surface area contributed by atoms with Crippen molar-refractivity contribution >= 4 is 33.6 Å². The van der Waals surface area contributed by atoms with Crippen molar-refractivity contribution in [2.75, 3.05) is 32.1 Å². The number of ether oxygens (including phenoxy) is 1. The highest BCUT2D eigenvalue weighted by atomic mass is 79.9.